The lowest BCUT2D eigenvalue weighted by atomic mass is 9.91. The predicted molar refractivity (Wildman–Crippen MR) is 80.8 cm³/mol. The molecule has 114 valence electrons. The molecule has 0 aromatic rings. The van der Waals surface area contributed by atoms with Crippen LogP contribution in [0.5, 0.6) is 0 Å². The van der Waals surface area contributed by atoms with Crippen LogP contribution in [0, 0.1) is 0 Å². The lowest BCUT2D eigenvalue weighted by molar-refractivity contribution is -0.118. The van der Waals surface area contributed by atoms with Crippen molar-refractivity contribution >= 4 is 11.7 Å². The van der Waals surface area contributed by atoms with E-state index in [4.69, 9.17) is 0 Å². The first-order valence-corrected chi connectivity index (χ1v) is 6.75. The summed E-state index contributed by atoms with van der Waals surface area (Å²) in [5.74, 6) is -0.783. The quantitative estimate of drug-likeness (QED) is 0.422. The lowest BCUT2D eigenvalue weighted by Crippen LogP contribution is -2.35. The van der Waals surface area contributed by atoms with Gasteiger partial charge in [0.15, 0.2) is 5.78 Å². The number of amides is 1. The molecule has 1 unspecified atom stereocenters. The molecule has 0 aromatic heterocycles. The van der Waals surface area contributed by atoms with Gasteiger partial charge in [0.1, 0.15) is 11.5 Å². The number of hydrogen-bond donors (Lipinski definition) is 3. The number of aliphatic hydroxyl groups excluding tert-OH is 2. The van der Waals surface area contributed by atoms with E-state index in [0.717, 1.165) is 0 Å². The zero-order chi connectivity index (χ0) is 16.2. The van der Waals surface area contributed by atoms with Crippen LogP contribution in [0.15, 0.2) is 47.0 Å². The minimum Gasteiger partial charge on any atom is -0.510 e. The minimum atomic E-state index is -0.663. The average molecular weight is 291 g/mol. The molecule has 1 aliphatic carbocycles. The third kappa shape index (κ3) is 3.84. The van der Waals surface area contributed by atoms with Crippen molar-refractivity contribution in [1.82, 2.24) is 5.32 Å². The third-order valence-corrected chi connectivity index (χ3v) is 3.45. The molecule has 0 aromatic carbocycles. The van der Waals surface area contributed by atoms with Gasteiger partial charge < -0.3 is 15.5 Å². The van der Waals surface area contributed by atoms with E-state index in [0.29, 0.717) is 11.1 Å². The standard InChI is InChI=1S/C16H21NO4/c1-5-6-9(2)16(21)17-11(4)15(20)12-7-8-13(18)10(3)14(12)19/h5-6,11,19-20H,1,7-8H2,2-4H3,(H,17,21)/b9-6-,15-12?. The Balaban J connectivity index is 2.97. The van der Waals surface area contributed by atoms with Gasteiger partial charge >= 0.3 is 0 Å². The van der Waals surface area contributed by atoms with E-state index in [-0.39, 0.29) is 41.6 Å². The van der Waals surface area contributed by atoms with Crippen molar-refractivity contribution in [3.8, 4) is 0 Å². The highest BCUT2D eigenvalue weighted by Gasteiger charge is 2.26. The molecule has 0 heterocycles. The first kappa shape index (κ1) is 16.8. The first-order chi connectivity index (χ1) is 9.79. The summed E-state index contributed by atoms with van der Waals surface area (Å²) < 4.78 is 0. The van der Waals surface area contributed by atoms with E-state index < -0.39 is 6.04 Å². The largest absolute Gasteiger partial charge is 0.510 e. The van der Waals surface area contributed by atoms with E-state index in [1.165, 1.54) is 13.0 Å². The molecule has 5 nitrogen and oxygen atoms in total. The molecule has 1 aliphatic rings. The number of Topliss-reactive ketones (excluding diaryl/α,β-unsaturated/α-hetero) is 1. The summed E-state index contributed by atoms with van der Waals surface area (Å²) in [5, 5.41) is 22.8. The zero-order valence-corrected chi connectivity index (χ0v) is 12.6. The van der Waals surface area contributed by atoms with Gasteiger partial charge in [0.25, 0.3) is 0 Å². The summed E-state index contributed by atoms with van der Waals surface area (Å²) in [4.78, 5) is 23.3. The molecule has 0 radical (unpaired) electrons. The first-order valence-electron chi connectivity index (χ1n) is 6.75. The van der Waals surface area contributed by atoms with E-state index in [1.807, 2.05) is 0 Å². The Hall–Kier alpha value is -2.30. The summed E-state index contributed by atoms with van der Waals surface area (Å²) in [6.07, 6.45) is 3.57. The number of carbonyl (C=O) groups excluding carboxylic acids is 2. The van der Waals surface area contributed by atoms with Crippen LogP contribution in [0.2, 0.25) is 0 Å². The molecule has 1 atom stereocenters. The Labute approximate surface area is 124 Å². The SMILES string of the molecule is C=C/C=C(/C)C(=O)NC(C)C(O)=C1CCC(=O)C(C)=C1O. The maximum absolute atomic E-state index is 11.8. The summed E-state index contributed by atoms with van der Waals surface area (Å²) in [7, 11) is 0. The molecule has 0 saturated heterocycles. The molecule has 1 amide bonds. The molecule has 0 saturated carbocycles. The van der Waals surface area contributed by atoms with E-state index in [1.54, 1.807) is 19.9 Å². The van der Waals surface area contributed by atoms with Crippen LogP contribution in [0.3, 0.4) is 0 Å². The summed E-state index contributed by atoms with van der Waals surface area (Å²) >= 11 is 0. The molecule has 0 spiro atoms. The second-order valence-electron chi connectivity index (χ2n) is 5.04. The monoisotopic (exact) mass is 291 g/mol. The van der Waals surface area contributed by atoms with Crippen molar-refractivity contribution in [2.24, 2.45) is 0 Å². The van der Waals surface area contributed by atoms with Gasteiger partial charge in [0.05, 0.1) is 6.04 Å². The van der Waals surface area contributed by atoms with Crippen LogP contribution in [0.25, 0.3) is 0 Å². The Morgan fingerprint density at radius 2 is 2.05 bits per heavy atom. The smallest absolute Gasteiger partial charge is 0.247 e. The maximum Gasteiger partial charge on any atom is 0.247 e. The fourth-order valence-electron chi connectivity index (χ4n) is 2.04. The van der Waals surface area contributed by atoms with Gasteiger partial charge in [0.2, 0.25) is 5.91 Å². The van der Waals surface area contributed by atoms with Crippen molar-refractivity contribution < 1.29 is 19.8 Å². The molecule has 21 heavy (non-hydrogen) atoms. The van der Waals surface area contributed by atoms with Crippen molar-refractivity contribution in [2.45, 2.75) is 39.7 Å². The maximum atomic E-state index is 11.8. The Morgan fingerprint density at radius 1 is 1.43 bits per heavy atom. The highest BCUT2D eigenvalue weighted by Crippen LogP contribution is 2.28. The van der Waals surface area contributed by atoms with Crippen molar-refractivity contribution in [3.63, 3.8) is 0 Å². The summed E-state index contributed by atoms with van der Waals surface area (Å²) in [6, 6.07) is -0.663. The van der Waals surface area contributed by atoms with Gasteiger partial charge in [-0.2, -0.15) is 0 Å². The highest BCUT2D eigenvalue weighted by atomic mass is 16.3. The van der Waals surface area contributed by atoms with Crippen molar-refractivity contribution in [3.05, 3.63) is 47.0 Å². The number of rotatable bonds is 4. The van der Waals surface area contributed by atoms with E-state index in [2.05, 4.69) is 11.9 Å². The summed E-state index contributed by atoms with van der Waals surface area (Å²) in [5.41, 5.74) is 1.01. The summed E-state index contributed by atoms with van der Waals surface area (Å²) in [6.45, 7) is 8.27. The molecular formula is C16H21NO4. The van der Waals surface area contributed by atoms with Crippen molar-refractivity contribution in [1.29, 1.82) is 0 Å². The second kappa shape index (κ2) is 6.92. The van der Waals surface area contributed by atoms with Crippen LogP contribution in [0.1, 0.15) is 33.6 Å². The number of nitrogens with one attached hydrogen (secondary N) is 1. The highest BCUT2D eigenvalue weighted by molar-refractivity contribution is 5.97. The van der Waals surface area contributed by atoms with Crippen LogP contribution in [0.4, 0.5) is 0 Å². The van der Waals surface area contributed by atoms with Gasteiger partial charge in [-0.15, -0.1) is 0 Å². The third-order valence-electron chi connectivity index (χ3n) is 3.45. The average Bonchev–Trinajstić information content (AvgIpc) is 2.44. The van der Waals surface area contributed by atoms with Gasteiger partial charge in [-0.3, -0.25) is 9.59 Å². The van der Waals surface area contributed by atoms with Gasteiger partial charge in [-0.1, -0.05) is 18.7 Å². The molecular weight excluding hydrogens is 270 g/mol. The zero-order valence-electron chi connectivity index (χ0n) is 12.6. The van der Waals surface area contributed by atoms with Crippen LogP contribution in [-0.4, -0.2) is 27.9 Å². The van der Waals surface area contributed by atoms with E-state index >= 15 is 0 Å². The Morgan fingerprint density at radius 3 is 2.62 bits per heavy atom. The predicted octanol–water partition coefficient (Wildman–Crippen LogP) is 2.63. The van der Waals surface area contributed by atoms with Gasteiger partial charge in [0, 0.05) is 23.1 Å². The lowest BCUT2D eigenvalue weighted by Gasteiger charge is -2.21. The molecule has 1 rings (SSSR count). The molecule has 0 bridgehead atoms. The number of carbonyl (C=O) groups is 2. The van der Waals surface area contributed by atoms with Gasteiger partial charge in [-0.05, 0) is 27.2 Å². The number of hydrogen-bond acceptors (Lipinski definition) is 4. The fraction of sp³-hybridized carbons (Fsp3) is 0.375. The Kier molecular flexibility index (Phi) is 5.52. The Bertz CT molecular complexity index is 567. The molecule has 5 heteroatoms. The van der Waals surface area contributed by atoms with Crippen LogP contribution >= 0.6 is 0 Å². The van der Waals surface area contributed by atoms with E-state index in [9.17, 15) is 19.8 Å². The fourth-order valence-corrected chi connectivity index (χ4v) is 2.04. The number of aliphatic hydroxyl groups is 2. The van der Waals surface area contributed by atoms with Crippen LogP contribution in [-0.2, 0) is 9.59 Å². The normalized spacial score (nSPS) is 20.1. The number of allylic oxidation sites excluding steroid dienone is 4. The second-order valence-corrected chi connectivity index (χ2v) is 5.04. The molecule has 3 N–H and O–H groups in total. The minimum absolute atomic E-state index is 0.126. The van der Waals surface area contributed by atoms with Crippen molar-refractivity contribution in [2.75, 3.05) is 0 Å². The van der Waals surface area contributed by atoms with Crippen LogP contribution < -0.4 is 5.32 Å². The number of ketones is 1. The van der Waals surface area contributed by atoms with Gasteiger partial charge in [-0.25, -0.2) is 0 Å². The topological polar surface area (TPSA) is 86.6 Å². The molecule has 0 fully saturated rings. The molecule has 0 aliphatic heterocycles.